The molecule has 0 amide bonds. The van der Waals surface area contributed by atoms with Crippen LogP contribution in [-0.2, 0) is 18.2 Å². The molecule has 1 atom stereocenters. The van der Waals surface area contributed by atoms with Gasteiger partial charge >= 0.3 is 0 Å². The first kappa shape index (κ1) is 13.2. The second-order valence-corrected chi connectivity index (χ2v) is 4.99. The van der Waals surface area contributed by atoms with E-state index in [0.717, 1.165) is 19.3 Å². The van der Waals surface area contributed by atoms with E-state index in [4.69, 9.17) is 10.5 Å². The van der Waals surface area contributed by atoms with Gasteiger partial charge in [0.1, 0.15) is 0 Å². The van der Waals surface area contributed by atoms with Crippen LogP contribution in [0, 0.1) is 0 Å². The molecule has 1 unspecified atom stereocenters. The molecule has 0 saturated carbocycles. The molecule has 4 nitrogen and oxygen atoms in total. The second kappa shape index (κ2) is 5.46. The molecule has 0 aliphatic rings. The van der Waals surface area contributed by atoms with Gasteiger partial charge in [-0.1, -0.05) is 0 Å². The molecular formula is C12H23N3O. The van der Waals surface area contributed by atoms with E-state index in [0.29, 0.717) is 0 Å². The average Bonchev–Trinajstić information content (AvgIpc) is 2.61. The molecule has 1 rings (SSSR count). The topological polar surface area (TPSA) is 53.1 Å². The van der Waals surface area contributed by atoms with Gasteiger partial charge in [-0.3, -0.25) is 4.68 Å². The fourth-order valence-corrected chi connectivity index (χ4v) is 1.77. The molecule has 0 aromatic carbocycles. The SMILES string of the molecule is COC(C)(C)CC(N)CCc1cnn(C)c1. The molecule has 0 aliphatic carbocycles. The van der Waals surface area contributed by atoms with Crippen molar-refractivity contribution in [2.24, 2.45) is 12.8 Å². The van der Waals surface area contributed by atoms with Crippen LogP contribution < -0.4 is 5.73 Å². The van der Waals surface area contributed by atoms with Gasteiger partial charge in [-0.15, -0.1) is 0 Å². The molecule has 0 bridgehead atoms. The third-order valence-electron chi connectivity index (χ3n) is 2.87. The number of hydrogen-bond donors (Lipinski definition) is 1. The minimum absolute atomic E-state index is 0.131. The van der Waals surface area contributed by atoms with E-state index in [1.165, 1.54) is 5.56 Å². The Labute approximate surface area is 97.8 Å². The van der Waals surface area contributed by atoms with Gasteiger partial charge in [0.15, 0.2) is 0 Å². The van der Waals surface area contributed by atoms with E-state index >= 15 is 0 Å². The van der Waals surface area contributed by atoms with Gasteiger partial charge in [-0.2, -0.15) is 5.10 Å². The highest BCUT2D eigenvalue weighted by Crippen LogP contribution is 2.17. The smallest absolute Gasteiger partial charge is 0.0637 e. The van der Waals surface area contributed by atoms with Crippen LogP contribution in [0.4, 0.5) is 0 Å². The highest BCUT2D eigenvalue weighted by Gasteiger charge is 2.20. The largest absolute Gasteiger partial charge is 0.379 e. The van der Waals surface area contributed by atoms with Crippen molar-refractivity contribution in [2.45, 2.75) is 44.8 Å². The molecule has 0 radical (unpaired) electrons. The van der Waals surface area contributed by atoms with Crippen molar-refractivity contribution in [2.75, 3.05) is 7.11 Å². The summed E-state index contributed by atoms with van der Waals surface area (Å²) in [6.07, 6.45) is 6.76. The van der Waals surface area contributed by atoms with Crippen LogP contribution in [0.3, 0.4) is 0 Å². The van der Waals surface area contributed by atoms with Gasteiger partial charge in [0.2, 0.25) is 0 Å². The van der Waals surface area contributed by atoms with Gasteiger partial charge in [-0.05, 0) is 38.7 Å². The first-order chi connectivity index (χ1) is 7.43. The number of rotatable bonds is 6. The summed E-state index contributed by atoms with van der Waals surface area (Å²) in [5, 5.41) is 4.14. The summed E-state index contributed by atoms with van der Waals surface area (Å²) in [7, 11) is 3.66. The van der Waals surface area contributed by atoms with Gasteiger partial charge in [0.25, 0.3) is 0 Å². The lowest BCUT2D eigenvalue weighted by molar-refractivity contribution is 0.00960. The maximum atomic E-state index is 6.08. The predicted octanol–water partition coefficient (Wildman–Crippen LogP) is 1.50. The van der Waals surface area contributed by atoms with Crippen LogP contribution in [0.2, 0.25) is 0 Å². The van der Waals surface area contributed by atoms with Crippen molar-refractivity contribution in [1.29, 1.82) is 0 Å². The number of aromatic nitrogens is 2. The zero-order valence-corrected chi connectivity index (χ0v) is 10.7. The molecule has 1 heterocycles. The van der Waals surface area contributed by atoms with Crippen LogP contribution in [0.15, 0.2) is 12.4 Å². The van der Waals surface area contributed by atoms with E-state index in [1.807, 2.05) is 24.1 Å². The number of hydrogen-bond acceptors (Lipinski definition) is 3. The van der Waals surface area contributed by atoms with E-state index in [9.17, 15) is 0 Å². The molecule has 16 heavy (non-hydrogen) atoms. The van der Waals surface area contributed by atoms with Crippen molar-refractivity contribution in [3.63, 3.8) is 0 Å². The lowest BCUT2D eigenvalue weighted by Crippen LogP contribution is -2.33. The van der Waals surface area contributed by atoms with Gasteiger partial charge in [-0.25, -0.2) is 0 Å². The Morgan fingerprint density at radius 3 is 2.75 bits per heavy atom. The number of nitrogens with two attached hydrogens (primary N) is 1. The molecule has 0 fully saturated rings. The summed E-state index contributed by atoms with van der Waals surface area (Å²) in [5.41, 5.74) is 7.20. The van der Waals surface area contributed by atoms with Crippen LogP contribution in [0.5, 0.6) is 0 Å². The number of ether oxygens (including phenoxy) is 1. The highest BCUT2D eigenvalue weighted by atomic mass is 16.5. The van der Waals surface area contributed by atoms with E-state index in [1.54, 1.807) is 7.11 Å². The minimum Gasteiger partial charge on any atom is -0.379 e. The minimum atomic E-state index is -0.131. The zero-order chi connectivity index (χ0) is 12.2. The molecule has 1 aromatic heterocycles. The van der Waals surface area contributed by atoms with Crippen molar-refractivity contribution in [3.8, 4) is 0 Å². The second-order valence-electron chi connectivity index (χ2n) is 4.99. The molecule has 0 saturated heterocycles. The Bertz CT molecular complexity index is 320. The fraction of sp³-hybridized carbons (Fsp3) is 0.750. The standard InChI is InChI=1S/C12H23N3O/c1-12(2,16-4)7-11(13)6-5-10-8-14-15(3)9-10/h8-9,11H,5-7,13H2,1-4H3. The Balaban J connectivity index is 2.33. The van der Waals surface area contributed by atoms with Crippen LogP contribution >= 0.6 is 0 Å². The summed E-state index contributed by atoms with van der Waals surface area (Å²) >= 11 is 0. The zero-order valence-electron chi connectivity index (χ0n) is 10.7. The third kappa shape index (κ3) is 4.33. The number of methoxy groups -OCH3 is 1. The summed E-state index contributed by atoms with van der Waals surface area (Å²) in [6, 6.07) is 0.176. The van der Waals surface area contributed by atoms with Gasteiger partial charge < -0.3 is 10.5 Å². The van der Waals surface area contributed by atoms with E-state index in [2.05, 4.69) is 18.9 Å². The lowest BCUT2D eigenvalue weighted by Gasteiger charge is -2.26. The van der Waals surface area contributed by atoms with Crippen LogP contribution in [0.25, 0.3) is 0 Å². The first-order valence-electron chi connectivity index (χ1n) is 5.71. The summed E-state index contributed by atoms with van der Waals surface area (Å²) in [5.74, 6) is 0. The Kier molecular flexibility index (Phi) is 4.50. The molecule has 1 aromatic rings. The van der Waals surface area contributed by atoms with Crippen LogP contribution in [0.1, 0.15) is 32.3 Å². The molecule has 2 N–H and O–H groups in total. The van der Waals surface area contributed by atoms with Crippen molar-refractivity contribution in [1.82, 2.24) is 9.78 Å². The Hall–Kier alpha value is -0.870. The summed E-state index contributed by atoms with van der Waals surface area (Å²) in [6.45, 7) is 4.13. The van der Waals surface area contributed by atoms with Crippen molar-refractivity contribution in [3.05, 3.63) is 18.0 Å². The quantitative estimate of drug-likeness (QED) is 0.798. The van der Waals surface area contributed by atoms with Crippen molar-refractivity contribution >= 4 is 0 Å². The molecule has 0 spiro atoms. The maximum absolute atomic E-state index is 6.08. The molecule has 92 valence electrons. The van der Waals surface area contributed by atoms with Gasteiger partial charge in [0.05, 0.1) is 11.8 Å². The van der Waals surface area contributed by atoms with Crippen LogP contribution in [-0.4, -0.2) is 28.5 Å². The summed E-state index contributed by atoms with van der Waals surface area (Å²) < 4.78 is 7.19. The average molecular weight is 225 g/mol. The number of nitrogens with zero attached hydrogens (tertiary/aromatic N) is 2. The third-order valence-corrected chi connectivity index (χ3v) is 2.87. The fourth-order valence-electron chi connectivity index (χ4n) is 1.77. The predicted molar refractivity (Wildman–Crippen MR) is 65.2 cm³/mol. The Morgan fingerprint density at radius 1 is 1.56 bits per heavy atom. The maximum Gasteiger partial charge on any atom is 0.0637 e. The molecule has 0 aliphatic heterocycles. The molecule has 4 heteroatoms. The highest BCUT2D eigenvalue weighted by molar-refractivity contribution is 5.04. The normalized spacial score (nSPS) is 14.1. The van der Waals surface area contributed by atoms with Crippen molar-refractivity contribution < 1.29 is 4.74 Å². The monoisotopic (exact) mass is 225 g/mol. The Morgan fingerprint density at radius 2 is 2.25 bits per heavy atom. The van der Waals surface area contributed by atoms with Gasteiger partial charge in [0, 0.05) is 26.4 Å². The number of aryl methyl sites for hydroxylation is 2. The van der Waals surface area contributed by atoms with E-state index < -0.39 is 0 Å². The lowest BCUT2D eigenvalue weighted by atomic mass is 9.95. The van der Waals surface area contributed by atoms with E-state index in [-0.39, 0.29) is 11.6 Å². The summed E-state index contributed by atoms with van der Waals surface area (Å²) in [4.78, 5) is 0. The first-order valence-corrected chi connectivity index (χ1v) is 5.71. The molecular weight excluding hydrogens is 202 g/mol.